The van der Waals surface area contributed by atoms with Gasteiger partial charge in [0, 0.05) is 24.3 Å². The van der Waals surface area contributed by atoms with Crippen molar-refractivity contribution in [2.75, 3.05) is 23.9 Å². The first-order chi connectivity index (χ1) is 13.1. The van der Waals surface area contributed by atoms with Gasteiger partial charge < -0.3 is 15.0 Å². The first kappa shape index (κ1) is 18.8. The smallest absolute Gasteiger partial charge is 0.227 e. The van der Waals surface area contributed by atoms with Crippen LogP contribution in [-0.4, -0.2) is 30.4 Å². The van der Waals surface area contributed by atoms with Crippen LogP contribution in [0.1, 0.15) is 25.3 Å². The summed E-state index contributed by atoms with van der Waals surface area (Å²) in [7, 11) is 1.63. The minimum atomic E-state index is 0.171. The monoisotopic (exact) mass is 382 g/mol. The predicted molar refractivity (Wildman–Crippen MR) is 113 cm³/mol. The lowest BCUT2D eigenvalue weighted by atomic mass is 10.1. The molecule has 2 aromatic carbocycles. The fourth-order valence-corrected chi connectivity index (χ4v) is 3.02. The second kappa shape index (κ2) is 8.64. The molecule has 7 heteroatoms. The van der Waals surface area contributed by atoms with Crippen molar-refractivity contribution in [3.05, 3.63) is 54.1 Å². The SMILES string of the molecule is COc1ccc(NC(=S)N/N=C(/C)c2cccc(N3CCCC3=O)c2)cc1. The van der Waals surface area contributed by atoms with Gasteiger partial charge in [0.1, 0.15) is 5.75 Å². The molecule has 0 spiro atoms. The average molecular weight is 382 g/mol. The highest BCUT2D eigenvalue weighted by atomic mass is 32.1. The Morgan fingerprint density at radius 2 is 2.00 bits per heavy atom. The normalized spacial score (nSPS) is 14.2. The van der Waals surface area contributed by atoms with Crippen molar-refractivity contribution in [2.45, 2.75) is 19.8 Å². The van der Waals surface area contributed by atoms with Gasteiger partial charge in [0.05, 0.1) is 12.8 Å². The molecule has 0 bridgehead atoms. The molecule has 0 atom stereocenters. The maximum Gasteiger partial charge on any atom is 0.227 e. The number of benzene rings is 2. The second-order valence-corrected chi connectivity index (χ2v) is 6.60. The molecule has 0 unspecified atom stereocenters. The number of nitrogens with one attached hydrogen (secondary N) is 2. The van der Waals surface area contributed by atoms with E-state index in [1.54, 1.807) is 7.11 Å². The number of hydrazone groups is 1. The molecule has 1 amide bonds. The summed E-state index contributed by atoms with van der Waals surface area (Å²) in [6.07, 6.45) is 1.52. The number of hydrogen-bond acceptors (Lipinski definition) is 4. The van der Waals surface area contributed by atoms with Crippen LogP contribution in [0.3, 0.4) is 0 Å². The van der Waals surface area contributed by atoms with E-state index >= 15 is 0 Å². The van der Waals surface area contributed by atoms with Crippen LogP contribution < -0.4 is 20.4 Å². The summed E-state index contributed by atoms with van der Waals surface area (Å²) in [5, 5.41) is 7.81. The number of rotatable bonds is 5. The quantitative estimate of drug-likeness (QED) is 0.470. The molecule has 2 aromatic rings. The van der Waals surface area contributed by atoms with E-state index in [-0.39, 0.29) is 5.91 Å². The highest BCUT2D eigenvalue weighted by molar-refractivity contribution is 7.80. The zero-order valence-electron chi connectivity index (χ0n) is 15.4. The van der Waals surface area contributed by atoms with Gasteiger partial charge in [-0.3, -0.25) is 10.2 Å². The first-order valence-corrected chi connectivity index (χ1v) is 9.14. The van der Waals surface area contributed by atoms with E-state index in [1.807, 2.05) is 60.4 Å². The van der Waals surface area contributed by atoms with Gasteiger partial charge in [-0.25, -0.2) is 0 Å². The van der Waals surface area contributed by atoms with Crippen molar-refractivity contribution in [1.29, 1.82) is 0 Å². The summed E-state index contributed by atoms with van der Waals surface area (Å²) in [6.45, 7) is 2.67. The van der Waals surface area contributed by atoms with Crippen LogP contribution in [0.15, 0.2) is 53.6 Å². The van der Waals surface area contributed by atoms with E-state index in [0.29, 0.717) is 11.5 Å². The lowest BCUT2D eigenvalue weighted by molar-refractivity contribution is -0.117. The largest absolute Gasteiger partial charge is 0.497 e. The molecular weight excluding hydrogens is 360 g/mol. The lowest BCUT2D eigenvalue weighted by Crippen LogP contribution is -2.25. The van der Waals surface area contributed by atoms with Crippen LogP contribution in [0.5, 0.6) is 5.75 Å². The number of ether oxygens (including phenoxy) is 1. The van der Waals surface area contributed by atoms with Crippen LogP contribution in [0.2, 0.25) is 0 Å². The molecule has 1 heterocycles. The number of hydrogen-bond donors (Lipinski definition) is 2. The fraction of sp³-hybridized carbons (Fsp3) is 0.250. The van der Waals surface area contributed by atoms with Crippen molar-refractivity contribution in [3.8, 4) is 5.75 Å². The molecule has 0 aromatic heterocycles. The Hall–Kier alpha value is -2.93. The molecule has 2 N–H and O–H groups in total. The van der Waals surface area contributed by atoms with Crippen LogP contribution in [0.4, 0.5) is 11.4 Å². The Kier molecular flexibility index (Phi) is 6.03. The Balaban J connectivity index is 1.62. The van der Waals surface area contributed by atoms with Gasteiger partial charge in [-0.1, -0.05) is 12.1 Å². The fourth-order valence-electron chi connectivity index (χ4n) is 2.85. The summed E-state index contributed by atoms with van der Waals surface area (Å²) >= 11 is 5.28. The second-order valence-electron chi connectivity index (χ2n) is 6.19. The van der Waals surface area contributed by atoms with Gasteiger partial charge in [0.2, 0.25) is 5.91 Å². The molecule has 1 fully saturated rings. The van der Waals surface area contributed by atoms with Gasteiger partial charge in [-0.2, -0.15) is 5.10 Å². The molecule has 0 radical (unpaired) electrons. The third kappa shape index (κ3) is 4.83. The molecule has 0 aliphatic carbocycles. The molecule has 1 aliphatic heterocycles. The van der Waals surface area contributed by atoms with Gasteiger partial charge >= 0.3 is 0 Å². The van der Waals surface area contributed by atoms with E-state index in [4.69, 9.17) is 17.0 Å². The molecule has 1 saturated heterocycles. The third-order valence-corrected chi connectivity index (χ3v) is 4.52. The van der Waals surface area contributed by atoms with Gasteiger partial charge in [0.15, 0.2) is 5.11 Å². The van der Waals surface area contributed by atoms with E-state index in [0.717, 1.165) is 41.4 Å². The minimum Gasteiger partial charge on any atom is -0.497 e. The summed E-state index contributed by atoms with van der Waals surface area (Å²) in [6, 6.07) is 15.3. The van der Waals surface area contributed by atoms with Crippen molar-refractivity contribution >= 4 is 40.3 Å². The maximum atomic E-state index is 11.9. The Bertz CT molecular complexity index is 865. The van der Waals surface area contributed by atoms with E-state index in [1.165, 1.54) is 0 Å². The van der Waals surface area contributed by atoms with Crippen molar-refractivity contribution in [1.82, 2.24) is 5.43 Å². The topological polar surface area (TPSA) is 66.0 Å². The molecule has 6 nitrogen and oxygen atoms in total. The highest BCUT2D eigenvalue weighted by Gasteiger charge is 2.21. The third-order valence-electron chi connectivity index (χ3n) is 4.32. The Morgan fingerprint density at radius 3 is 2.67 bits per heavy atom. The standard InChI is InChI=1S/C20H22N4O2S/c1-14(15-5-3-6-17(13-15)24-12-4-7-19(24)25)22-23-20(27)21-16-8-10-18(26-2)11-9-16/h3,5-6,8-11,13H,4,7,12H2,1-2H3,(H2,21,23,27)/b22-14-. The van der Waals surface area contributed by atoms with Crippen LogP contribution in [0.25, 0.3) is 0 Å². The molecule has 3 rings (SSSR count). The average Bonchev–Trinajstić information content (AvgIpc) is 3.13. The summed E-state index contributed by atoms with van der Waals surface area (Å²) in [4.78, 5) is 13.8. The number of anilines is 2. The van der Waals surface area contributed by atoms with Gasteiger partial charge in [-0.05, 0) is 67.5 Å². The zero-order chi connectivity index (χ0) is 19.2. The highest BCUT2D eigenvalue weighted by Crippen LogP contribution is 2.22. The number of methoxy groups -OCH3 is 1. The first-order valence-electron chi connectivity index (χ1n) is 8.73. The van der Waals surface area contributed by atoms with E-state index < -0.39 is 0 Å². The maximum absolute atomic E-state index is 11.9. The number of nitrogens with zero attached hydrogens (tertiary/aromatic N) is 2. The van der Waals surface area contributed by atoms with Gasteiger partial charge in [0.25, 0.3) is 0 Å². The van der Waals surface area contributed by atoms with E-state index in [2.05, 4.69) is 15.8 Å². The number of thiocarbonyl (C=S) groups is 1. The van der Waals surface area contributed by atoms with Crippen LogP contribution in [-0.2, 0) is 4.79 Å². The van der Waals surface area contributed by atoms with Crippen molar-refractivity contribution < 1.29 is 9.53 Å². The molecule has 140 valence electrons. The summed E-state index contributed by atoms with van der Waals surface area (Å²) in [5.74, 6) is 0.953. The molecular formula is C20H22N4O2S. The number of carbonyl (C=O) groups excluding carboxylic acids is 1. The van der Waals surface area contributed by atoms with Crippen molar-refractivity contribution in [2.24, 2.45) is 5.10 Å². The summed E-state index contributed by atoms with van der Waals surface area (Å²) < 4.78 is 5.13. The zero-order valence-corrected chi connectivity index (χ0v) is 16.2. The minimum absolute atomic E-state index is 0.171. The number of carbonyl (C=O) groups is 1. The van der Waals surface area contributed by atoms with Crippen LogP contribution >= 0.6 is 12.2 Å². The Morgan fingerprint density at radius 1 is 1.22 bits per heavy atom. The molecule has 0 saturated carbocycles. The summed E-state index contributed by atoms with van der Waals surface area (Å²) in [5.41, 5.74) is 6.32. The predicted octanol–water partition coefficient (Wildman–Crippen LogP) is 3.53. The number of amides is 1. The van der Waals surface area contributed by atoms with Crippen LogP contribution in [0, 0.1) is 0 Å². The molecule has 1 aliphatic rings. The van der Waals surface area contributed by atoms with Gasteiger partial charge in [-0.15, -0.1) is 0 Å². The molecule has 27 heavy (non-hydrogen) atoms. The Labute approximate surface area is 164 Å². The van der Waals surface area contributed by atoms with E-state index in [9.17, 15) is 4.79 Å². The van der Waals surface area contributed by atoms with Crippen molar-refractivity contribution in [3.63, 3.8) is 0 Å². The lowest BCUT2D eigenvalue weighted by Gasteiger charge is -2.16.